The lowest BCUT2D eigenvalue weighted by Gasteiger charge is -2.19. The third-order valence-electron chi connectivity index (χ3n) is 4.22. The summed E-state index contributed by atoms with van der Waals surface area (Å²) in [7, 11) is 0. The van der Waals surface area contributed by atoms with Gasteiger partial charge in [0.25, 0.3) is 0 Å². The molecule has 1 aromatic rings. The molecule has 1 aromatic heterocycles. The lowest BCUT2D eigenvalue weighted by Crippen LogP contribution is -2.42. The Bertz CT molecular complexity index is 474. The zero-order chi connectivity index (χ0) is 15.9. The lowest BCUT2D eigenvalue weighted by atomic mass is 9.98. The van der Waals surface area contributed by atoms with E-state index in [0.29, 0.717) is 5.92 Å². The van der Waals surface area contributed by atoms with Crippen LogP contribution in [0.3, 0.4) is 0 Å². The second kappa shape index (κ2) is 8.29. The van der Waals surface area contributed by atoms with Gasteiger partial charge < -0.3 is 15.3 Å². The average molecular weight is 308 g/mol. The topological polar surface area (TPSA) is 70.4 Å². The fraction of sp³-hybridized carbons (Fsp3) is 0.750. The Morgan fingerprint density at radius 1 is 1.50 bits per heavy atom. The molecule has 1 fully saturated rings. The zero-order valence-corrected chi connectivity index (χ0v) is 13.7. The van der Waals surface area contributed by atoms with Gasteiger partial charge in [0.05, 0.1) is 6.20 Å². The average Bonchev–Trinajstić information content (AvgIpc) is 3.04. The van der Waals surface area contributed by atoms with Gasteiger partial charge in [-0.1, -0.05) is 13.3 Å². The smallest absolute Gasteiger partial charge is 0.242 e. The van der Waals surface area contributed by atoms with Gasteiger partial charge in [-0.25, -0.2) is 0 Å². The maximum atomic E-state index is 12.2. The van der Waals surface area contributed by atoms with Crippen LogP contribution in [0.5, 0.6) is 0 Å². The van der Waals surface area contributed by atoms with Crippen molar-refractivity contribution in [3.63, 3.8) is 0 Å². The Hall–Kier alpha value is -1.40. The van der Waals surface area contributed by atoms with Crippen LogP contribution in [0.4, 0.5) is 0 Å². The van der Waals surface area contributed by atoms with Gasteiger partial charge >= 0.3 is 0 Å². The number of hydrogen-bond donors (Lipinski definition) is 2. The molecule has 0 aliphatic carbocycles. The molecule has 6 heteroatoms. The van der Waals surface area contributed by atoms with Gasteiger partial charge in [-0.15, -0.1) is 0 Å². The van der Waals surface area contributed by atoms with Gasteiger partial charge in [-0.2, -0.15) is 5.10 Å². The van der Waals surface area contributed by atoms with Crippen LogP contribution in [0.1, 0.15) is 31.7 Å². The minimum absolute atomic E-state index is 0.0261. The van der Waals surface area contributed by atoms with Crippen molar-refractivity contribution in [1.82, 2.24) is 20.0 Å². The first-order valence-electron chi connectivity index (χ1n) is 8.24. The number of nitrogens with zero attached hydrogens (tertiary/aromatic N) is 3. The van der Waals surface area contributed by atoms with E-state index in [9.17, 15) is 4.79 Å². The van der Waals surface area contributed by atoms with Crippen LogP contribution in [0.15, 0.2) is 12.4 Å². The molecule has 2 N–H and O–H groups in total. The molecule has 0 bridgehead atoms. The number of rotatable bonds is 8. The zero-order valence-electron chi connectivity index (χ0n) is 13.7. The molecule has 124 valence electrons. The van der Waals surface area contributed by atoms with Gasteiger partial charge in [0, 0.05) is 38.5 Å². The van der Waals surface area contributed by atoms with Crippen LogP contribution in [-0.2, 0) is 11.3 Å². The van der Waals surface area contributed by atoms with E-state index in [1.165, 1.54) is 0 Å². The maximum absolute atomic E-state index is 12.2. The van der Waals surface area contributed by atoms with E-state index in [-0.39, 0.29) is 25.1 Å². The molecule has 6 nitrogen and oxygen atoms in total. The van der Waals surface area contributed by atoms with Crippen molar-refractivity contribution in [3.05, 3.63) is 18.0 Å². The third kappa shape index (κ3) is 4.81. The number of aliphatic hydroxyl groups is 1. The fourth-order valence-electron chi connectivity index (χ4n) is 3.22. The molecule has 0 saturated carbocycles. The maximum Gasteiger partial charge on any atom is 0.242 e. The van der Waals surface area contributed by atoms with Crippen LogP contribution in [0, 0.1) is 12.8 Å². The molecule has 1 saturated heterocycles. The summed E-state index contributed by atoms with van der Waals surface area (Å²) >= 11 is 0. The van der Waals surface area contributed by atoms with Crippen LogP contribution in [0.25, 0.3) is 0 Å². The molecule has 22 heavy (non-hydrogen) atoms. The van der Waals surface area contributed by atoms with Crippen molar-refractivity contribution < 1.29 is 9.90 Å². The number of likely N-dealkylation sites (tertiary alicyclic amines) is 1. The molecule has 0 radical (unpaired) electrons. The molecule has 0 spiro atoms. The molecule has 2 rings (SSSR count). The second-order valence-corrected chi connectivity index (χ2v) is 6.27. The predicted molar refractivity (Wildman–Crippen MR) is 85.4 cm³/mol. The molecule has 2 heterocycles. The van der Waals surface area contributed by atoms with Gasteiger partial charge in [0.1, 0.15) is 6.54 Å². The van der Waals surface area contributed by atoms with Crippen molar-refractivity contribution in [2.75, 3.05) is 26.2 Å². The largest absolute Gasteiger partial charge is 0.396 e. The van der Waals surface area contributed by atoms with Crippen LogP contribution >= 0.6 is 0 Å². The molecule has 0 aromatic carbocycles. The summed E-state index contributed by atoms with van der Waals surface area (Å²) < 4.78 is 1.68. The number of amides is 1. The van der Waals surface area contributed by atoms with Gasteiger partial charge in [-0.05, 0) is 31.2 Å². The molecule has 1 aliphatic heterocycles. The number of nitrogens with one attached hydrogen (secondary N) is 1. The van der Waals surface area contributed by atoms with Crippen molar-refractivity contribution in [3.8, 4) is 0 Å². The SMILES string of the molecule is CCC[C@H]1CN(CCCO)C[C@@H]1NC(=O)Cn1cc(C)cn1. The molecule has 1 aliphatic rings. The highest BCUT2D eigenvalue weighted by atomic mass is 16.3. The Kier molecular flexibility index (Phi) is 6.39. The van der Waals surface area contributed by atoms with Gasteiger partial charge in [0.15, 0.2) is 0 Å². The monoisotopic (exact) mass is 308 g/mol. The Balaban J connectivity index is 1.86. The predicted octanol–water partition coefficient (Wildman–Crippen LogP) is 0.791. The van der Waals surface area contributed by atoms with E-state index in [0.717, 1.165) is 44.5 Å². The minimum Gasteiger partial charge on any atom is -0.396 e. The minimum atomic E-state index is 0.0261. The van der Waals surface area contributed by atoms with Crippen molar-refractivity contribution in [2.24, 2.45) is 5.92 Å². The van der Waals surface area contributed by atoms with E-state index in [1.807, 2.05) is 13.1 Å². The van der Waals surface area contributed by atoms with Crippen molar-refractivity contribution >= 4 is 5.91 Å². The van der Waals surface area contributed by atoms with Crippen LogP contribution < -0.4 is 5.32 Å². The summed E-state index contributed by atoms with van der Waals surface area (Å²) in [5, 5.41) is 16.3. The molecular formula is C16H28N4O2. The third-order valence-corrected chi connectivity index (χ3v) is 4.22. The highest BCUT2D eigenvalue weighted by Gasteiger charge is 2.32. The van der Waals surface area contributed by atoms with Crippen LogP contribution in [-0.4, -0.2) is 58.0 Å². The molecular weight excluding hydrogens is 280 g/mol. The fourth-order valence-corrected chi connectivity index (χ4v) is 3.22. The first-order valence-corrected chi connectivity index (χ1v) is 8.24. The summed E-state index contributed by atoms with van der Waals surface area (Å²) in [4.78, 5) is 14.6. The number of aromatic nitrogens is 2. The molecule has 2 atom stereocenters. The normalized spacial score (nSPS) is 22.1. The van der Waals surface area contributed by atoms with Crippen LogP contribution in [0.2, 0.25) is 0 Å². The standard InChI is InChI=1S/C16H28N4O2/c1-3-5-14-10-19(6-4-7-21)11-15(14)18-16(22)12-20-9-13(2)8-17-20/h8-9,14-15,21H,3-7,10-12H2,1-2H3,(H,18,22)/t14-,15-/m0/s1. The Morgan fingerprint density at radius 3 is 2.95 bits per heavy atom. The Labute approximate surface area is 132 Å². The first kappa shape index (κ1) is 17.0. The number of aliphatic hydroxyl groups excluding tert-OH is 1. The summed E-state index contributed by atoms with van der Waals surface area (Å²) in [6.45, 7) is 7.45. The van der Waals surface area contributed by atoms with Crippen molar-refractivity contribution in [2.45, 2.75) is 45.7 Å². The number of carbonyl (C=O) groups is 1. The van der Waals surface area contributed by atoms with E-state index in [1.54, 1.807) is 10.9 Å². The number of aryl methyl sites for hydroxylation is 1. The van der Waals surface area contributed by atoms with E-state index in [4.69, 9.17) is 5.11 Å². The summed E-state index contributed by atoms with van der Waals surface area (Å²) in [5.41, 5.74) is 1.06. The van der Waals surface area contributed by atoms with E-state index in [2.05, 4.69) is 22.2 Å². The second-order valence-electron chi connectivity index (χ2n) is 6.27. The summed E-state index contributed by atoms with van der Waals surface area (Å²) in [6, 6.07) is 0.211. The van der Waals surface area contributed by atoms with Gasteiger partial charge in [0.2, 0.25) is 5.91 Å². The number of carbonyl (C=O) groups excluding carboxylic acids is 1. The van der Waals surface area contributed by atoms with Crippen molar-refractivity contribution in [1.29, 1.82) is 0 Å². The van der Waals surface area contributed by atoms with E-state index < -0.39 is 0 Å². The van der Waals surface area contributed by atoms with Gasteiger partial charge in [-0.3, -0.25) is 9.48 Å². The van der Waals surface area contributed by atoms with E-state index >= 15 is 0 Å². The number of hydrogen-bond acceptors (Lipinski definition) is 4. The lowest BCUT2D eigenvalue weighted by molar-refractivity contribution is -0.122. The first-order chi connectivity index (χ1) is 10.6. The highest BCUT2D eigenvalue weighted by molar-refractivity contribution is 5.76. The quantitative estimate of drug-likeness (QED) is 0.745. The highest BCUT2D eigenvalue weighted by Crippen LogP contribution is 2.22. The molecule has 0 unspecified atom stereocenters. The summed E-state index contributed by atoms with van der Waals surface area (Å²) in [5.74, 6) is 0.533. The summed E-state index contributed by atoms with van der Waals surface area (Å²) in [6.07, 6.45) is 6.70. The molecule has 1 amide bonds. The Morgan fingerprint density at radius 2 is 2.32 bits per heavy atom.